The lowest BCUT2D eigenvalue weighted by Gasteiger charge is -2.08. The molecule has 0 aliphatic rings. The second kappa shape index (κ2) is 44.1. The number of nitrogen functional groups attached to an aromatic ring is 1. The number of benzene rings is 1. The fourth-order valence-corrected chi connectivity index (χ4v) is 4.54. The number of rotatable bonds is 43. The van der Waals surface area contributed by atoms with E-state index in [1.165, 1.54) is 0 Å². The van der Waals surface area contributed by atoms with E-state index in [2.05, 4.69) is 9.97 Å². The molecule has 18 heteroatoms. The van der Waals surface area contributed by atoms with Crippen molar-refractivity contribution in [2.24, 2.45) is 5.73 Å². The Hall–Kier alpha value is -2.95. The van der Waals surface area contributed by atoms with Gasteiger partial charge in [-0.1, -0.05) is 24.3 Å². The molecule has 0 atom stereocenters. The van der Waals surface area contributed by atoms with Crippen LogP contribution in [-0.4, -0.2) is 181 Å². The van der Waals surface area contributed by atoms with Crippen LogP contribution in [0.1, 0.15) is 37.8 Å². The van der Waals surface area contributed by atoms with Gasteiger partial charge in [-0.2, -0.15) is 4.98 Å². The molecule has 2 aromatic rings. The van der Waals surface area contributed by atoms with Crippen molar-refractivity contribution < 1.29 is 66.4 Å². The lowest BCUT2D eigenvalue weighted by Crippen LogP contribution is -2.15. The Bertz CT molecular complexity index is 1190. The topological polar surface area (TPSA) is 215 Å². The molecule has 0 spiro atoms. The van der Waals surface area contributed by atoms with Crippen LogP contribution in [0.3, 0.4) is 0 Å². The van der Waals surface area contributed by atoms with Crippen molar-refractivity contribution in [1.82, 2.24) is 9.97 Å². The van der Waals surface area contributed by atoms with E-state index in [1.54, 1.807) is 12.3 Å². The SMILES string of the molecule is CCOCCOCCOCCOCCOCCOCCC(=O)CCc1ccc(COc2nccc(N)n2)cc1.CCOCCOCCOCCOCCOCCOCCN. The summed E-state index contributed by atoms with van der Waals surface area (Å²) in [5, 5.41) is 0. The van der Waals surface area contributed by atoms with E-state index >= 15 is 0 Å². The van der Waals surface area contributed by atoms with E-state index < -0.39 is 0 Å². The number of ether oxygens (including phenoxy) is 13. The Labute approximate surface area is 357 Å². The van der Waals surface area contributed by atoms with Crippen LogP contribution >= 0.6 is 0 Å². The highest BCUT2D eigenvalue weighted by atomic mass is 16.6. The quantitative estimate of drug-likeness (QED) is 0.0917. The van der Waals surface area contributed by atoms with E-state index in [0.29, 0.717) is 190 Å². The smallest absolute Gasteiger partial charge is 0.318 e. The number of aromatic nitrogens is 2. The zero-order valence-electron chi connectivity index (χ0n) is 36.2. The van der Waals surface area contributed by atoms with E-state index in [-0.39, 0.29) is 11.8 Å². The average Bonchev–Trinajstić information content (AvgIpc) is 3.26. The number of nitrogens with two attached hydrogens (primary N) is 2. The van der Waals surface area contributed by atoms with Crippen molar-refractivity contribution >= 4 is 11.6 Å². The third-order valence-electron chi connectivity index (χ3n) is 7.65. The Balaban J connectivity index is 0.000000725. The molecular weight excluding hydrogens is 784 g/mol. The molecule has 60 heavy (non-hydrogen) atoms. The molecule has 0 fully saturated rings. The first-order valence-corrected chi connectivity index (χ1v) is 21.0. The van der Waals surface area contributed by atoms with Gasteiger partial charge in [-0.15, -0.1) is 0 Å². The molecule has 0 aliphatic heterocycles. The number of Topliss-reactive ketones (excluding diaryl/α,β-unsaturated/α-hetero) is 1. The maximum Gasteiger partial charge on any atom is 0.318 e. The summed E-state index contributed by atoms with van der Waals surface area (Å²) in [5.74, 6) is 0.541. The van der Waals surface area contributed by atoms with Gasteiger partial charge in [0.1, 0.15) is 18.2 Å². The maximum atomic E-state index is 12.1. The van der Waals surface area contributed by atoms with Gasteiger partial charge >= 0.3 is 6.01 Å². The number of anilines is 1. The van der Waals surface area contributed by atoms with E-state index in [4.69, 9.17) is 73.0 Å². The van der Waals surface area contributed by atoms with Crippen LogP contribution in [0.25, 0.3) is 0 Å². The predicted molar refractivity (Wildman–Crippen MR) is 225 cm³/mol. The Kier molecular flexibility index (Phi) is 40.5. The molecule has 346 valence electrons. The molecular formula is C42H74N4O14. The fraction of sp³-hybridized carbons (Fsp3) is 0.738. The van der Waals surface area contributed by atoms with Crippen LogP contribution in [0.5, 0.6) is 6.01 Å². The summed E-state index contributed by atoms with van der Waals surface area (Å²) in [5.41, 5.74) is 13.0. The summed E-state index contributed by atoms with van der Waals surface area (Å²) in [6.07, 6.45) is 3.12. The predicted octanol–water partition coefficient (Wildman–Crippen LogP) is 2.71. The van der Waals surface area contributed by atoms with Crippen molar-refractivity contribution in [2.75, 3.05) is 171 Å². The molecule has 0 radical (unpaired) electrons. The summed E-state index contributed by atoms with van der Waals surface area (Å²) in [6.45, 7) is 18.2. The van der Waals surface area contributed by atoms with Crippen molar-refractivity contribution in [2.45, 2.75) is 39.7 Å². The zero-order chi connectivity index (χ0) is 43.2. The molecule has 18 nitrogen and oxygen atoms in total. The standard InChI is InChI=1S/C28H43N3O8.C14H31NO6/c1-2-33-13-14-35-17-18-37-21-22-38-20-19-36-16-15-34-12-10-26(32)8-7-24-3-5-25(6-4-24)23-39-28-30-11-9-27(29)31-28;1-2-16-5-6-18-9-10-20-13-14-21-12-11-19-8-7-17-4-3-15/h3-6,9,11H,2,7-8,10,12-23H2,1H3,(H2,29,30,31);2-15H2,1H3. The number of hydrogen-bond donors (Lipinski definition) is 2. The first-order valence-electron chi connectivity index (χ1n) is 21.0. The lowest BCUT2D eigenvalue weighted by atomic mass is 10.0. The zero-order valence-corrected chi connectivity index (χ0v) is 36.2. The van der Waals surface area contributed by atoms with Gasteiger partial charge in [0.05, 0.1) is 145 Å². The molecule has 4 N–H and O–H groups in total. The Morgan fingerprint density at radius 1 is 0.483 bits per heavy atom. The molecule has 0 aliphatic carbocycles. The number of carbonyl (C=O) groups is 1. The van der Waals surface area contributed by atoms with Crippen molar-refractivity contribution in [3.05, 3.63) is 47.7 Å². The van der Waals surface area contributed by atoms with Crippen LogP contribution in [-0.2, 0) is 74.7 Å². The molecule has 2 rings (SSSR count). The van der Waals surface area contributed by atoms with Gasteiger partial charge in [0.15, 0.2) is 0 Å². The van der Waals surface area contributed by atoms with Crippen molar-refractivity contribution in [3.8, 4) is 6.01 Å². The van der Waals surface area contributed by atoms with Crippen LogP contribution in [0.4, 0.5) is 5.82 Å². The minimum atomic E-state index is 0.176. The van der Waals surface area contributed by atoms with Gasteiger partial charge in [-0.05, 0) is 37.5 Å². The van der Waals surface area contributed by atoms with Crippen molar-refractivity contribution in [1.29, 1.82) is 0 Å². The molecule has 1 aromatic carbocycles. The van der Waals surface area contributed by atoms with Gasteiger partial charge < -0.3 is 73.0 Å². The van der Waals surface area contributed by atoms with E-state index in [0.717, 1.165) is 17.7 Å². The summed E-state index contributed by atoms with van der Waals surface area (Å²) >= 11 is 0. The highest BCUT2D eigenvalue weighted by Crippen LogP contribution is 2.11. The second-order valence-electron chi connectivity index (χ2n) is 12.5. The third-order valence-corrected chi connectivity index (χ3v) is 7.65. The number of ketones is 1. The number of nitrogens with zero attached hydrogens (tertiary/aromatic N) is 2. The first-order chi connectivity index (χ1) is 29.6. The van der Waals surface area contributed by atoms with Crippen LogP contribution < -0.4 is 16.2 Å². The third kappa shape index (κ3) is 38.0. The minimum absolute atomic E-state index is 0.176. The highest BCUT2D eigenvalue weighted by molar-refractivity contribution is 5.78. The van der Waals surface area contributed by atoms with Gasteiger partial charge in [0, 0.05) is 38.8 Å². The lowest BCUT2D eigenvalue weighted by molar-refractivity contribution is -0.120. The summed E-state index contributed by atoms with van der Waals surface area (Å²) in [6, 6.07) is 9.79. The summed E-state index contributed by atoms with van der Waals surface area (Å²) in [7, 11) is 0. The molecule has 0 amide bonds. The second-order valence-corrected chi connectivity index (χ2v) is 12.5. The molecule has 0 unspecified atom stereocenters. The van der Waals surface area contributed by atoms with Crippen LogP contribution in [0.2, 0.25) is 0 Å². The summed E-state index contributed by atoms with van der Waals surface area (Å²) in [4.78, 5) is 20.2. The van der Waals surface area contributed by atoms with Gasteiger partial charge in [-0.3, -0.25) is 4.79 Å². The summed E-state index contributed by atoms with van der Waals surface area (Å²) < 4.78 is 69.5. The van der Waals surface area contributed by atoms with Crippen LogP contribution in [0.15, 0.2) is 36.5 Å². The number of aryl methyl sites for hydroxylation is 1. The largest absolute Gasteiger partial charge is 0.459 e. The average molecular weight is 859 g/mol. The normalized spacial score (nSPS) is 11.1. The van der Waals surface area contributed by atoms with Crippen molar-refractivity contribution in [3.63, 3.8) is 0 Å². The number of hydrogen-bond acceptors (Lipinski definition) is 18. The number of carbonyl (C=O) groups excluding carboxylic acids is 1. The van der Waals surface area contributed by atoms with Gasteiger partial charge in [0.25, 0.3) is 0 Å². The molecule has 0 bridgehead atoms. The maximum absolute atomic E-state index is 12.1. The van der Waals surface area contributed by atoms with E-state index in [9.17, 15) is 4.79 Å². The van der Waals surface area contributed by atoms with Gasteiger partial charge in [0.2, 0.25) is 0 Å². The van der Waals surface area contributed by atoms with E-state index in [1.807, 2.05) is 38.1 Å². The fourth-order valence-electron chi connectivity index (χ4n) is 4.54. The molecule has 1 aromatic heterocycles. The molecule has 0 saturated heterocycles. The van der Waals surface area contributed by atoms with Crippen LogP contribution in [0, 0.1) is 0 Å². The minimum Gasteiger partial charge on any atom is -0.459 e. The monoisotopic (exact) mass is 859 g/mol. The first kappa shape index (κ1) is 55.1. The molecule has 1 heterocycles. The molecule has 0 saturated carbocycles. The Morgan fingerprint density at radius 2 is 0.850 bits per heavy atom. The highest BCUT2D eigenvalue weighted by Gasteiger charge is 2.05. The van der Waals surface area contributed by atoms with Gasteiger partial charge in [-0.25, -0.2) is 4.98 Å². The Morgan fingerprint density at radius 3 is 1.23 bits per heavy atom.